The first-order valence-corrected chi connectivity index (χ1v) is 10.5. The number of nitrogens with one attached hydrogen (secondary N) is 1. The van der Waals surface area contributed by atoms with Crippen molar-refractivity contribution in [2.24, 2.45) is 23.7 Å². The van der Waals surface area contributed by atoms with Gasteiger partial charge in [0.2, 0.25) is 5.91 Å². The summed E-state index contributed by atoms with van der Waals surface area (Å²) >= 11 is 2.02. The molecular weight excluding hydrogens is 290 g/mol. The fourth-order valence-electron chi connectivity index (χ4n) is 6.21. The van der Waals surface area contributed by atoms with Gasteiger partial charge in [0.15, 0.2) is 0 Å². The van der Waals surface area contributed by atoms with Gasteiger partial charge in [-0.2, -0.15) is 0 Å². The lowest BCUT2D eigenvalue weighted by Gasteiger charge is -2.56. The van der Waals surface area contributed by atoms with Crippen molar-refractivity contribution in [3.8, 4) is 0 Å². The van der Waals surface area contributed by atoms with E-state index in [9.17, 15) is 4.79 Å². The summed E-state index contributed by atoms with van der Waals surface area (Å²) in [5.74, 6) is 4.64. The summed E-state index contributed by atoms with van der Waals surface area (Å²) in [6.07, 6.45) is 13.8. The van der Waals surface area contributed by atoms with Crippen LogP contribution in [0.1, 0.15) is 71.1 Å². The second kappa shape index (κ2) is 6.03. The second-order valence-corrected chi connectivity index (χ2v) is 10.3. The second-order valence-electron chi connectivity index (χ2n) is 8.82. The summed E-state index contributed by atoms with van der Waals surface area (Å²) < 4.78 is 0.476. The van der Waals surface area contributed by atoms with Gasteiger partial charge in [-0.15, -0.1) is 11.8 Å². The van der Waals surface area contributed by atoms with Gasteiger partial charge >= 0.3 is 0 Å². The quantitative estimate of drug-likeness (QED) is 0.832. The topological polar surface area (TPSA) is 29.1 Å². The number of carbonyl (C=O) groups excluding carboxylic acids is 1. The smallest absolute Gasteiger partial charge is 0.230 e. The molecule has 4 bridgehead atoms. The SMILES string of the molecule is C[C@@H]1CCCC[C@@H]1NC(=O)CSC12CC3CC(CC(C3)C1)C2. The Balaban J connectivity index is 1.30. The molecule has 0 aliphatic heterocycles. The van der Waals surface area contributed by atoms with Crippen molar-refractivity contribution in [2.75, 3.05) is 5.75 Å². The third-order valence-corrected chi connectivity index (χ3v) is 8.47. The Morgan fingerprint density at radius 1 is 1.05 bits per heavy atom. The lowest BCUT2D eigenvalue weighted by Crippen LogP contribution is -2.49. The van der Waals surface area contributed by atoms with Gasteiger partial charge in [-0.05, 0) is 75.0 Å². The van der Waals surface area contributed by atoms with Crippen LogP contribution < -0.4 is 5.32 Å². The molecule has 1 amide bonds. The molecule has 5 saturated carbocycles. The van der Waals surface area contributed by atoms with Crippen molar-refractivity contribution < 1.29 is 4.79 Å². The first-order valence-electron chi connectivity index (χ1n) is 9.55. The standard InChI is InChI=1S/C19H31NOS/c1-13-4-2-3-5-17(13)20-18(21)12-22-19-9-14-6-15(10-19)8-16(7-14)11-19/h13-17H,2-12H2,1H3,(H,20,21)/t13-,14?,15?,16?,17+,19?/m1/s1. The van der Waals surface area contributed by atoms with Crippen LogP contribution in [-0.2, 0) is 4.79 Å². The highest BCUT2D eigenvalue weighted by Gasteiger charge is 2.51. The predicted octanol–water partition coefficient (Wildman–Crippen LogP) is 4.38. The van der Waals surface area contributed by atoms with E-state index in [2.05, 4.69) is 12.2 Å². The third-order valence-electron chi connectivity index (χ3n) is 6.95. The van der Waals surface area contributed by atoms with Gasteiger partial charge in [0, 0.05) is 10.8 Å². The van der Waals surface area contributed by atoms with Crippen LogP contribution in [0.3, 0.4) is 0 Å². The molecule has 22 heavy (non-hydrogen) atoms. The molecule has 5 rings (SSSR count). The molecular formula is C19H31NOS. The van der Waals surface area contributed by atoms with Crippen molar-refractivity contribution in [1.82, 2.24) is 5.32 Å². The van der Waals surface area contributed by atoms with Gasteiger partial charge in [-0.3, -0.25) is 4.79 Å². The maximum absolute atomic E-state index is 12.4. The molecule has 3 heteroatoms. The van der Waals surface area contributed by atoms with E-state index in [4.69, 9.17) is 0 Å². The van der Waals surface area contributed by atoms with Crippen LogP contribution >= 0.6 is 11.8 Å². The van der Waals surface area contributed by atoms with E-state index in [1.165, 1.54) is 64.2 Å². The Bertz CT molecular complexity index is 400. The van der Waals surface area contributed by atoms with E-state index >= 15 is 0 Å². The number of amides is 1. The molecule has 5 aliphatic rings. The Morgan fingerprint density at radius 3 is 2.23 bits per heavy atom. The van der Waals surface area contributed by atoms with Crippen LogP contribution in [0, 0.1) is 23.7 Å². The number of hydrogen-bond donors (Lipinski definition) is 1. The van der Waals surface area contributed by atoms with Crippen molar-refractivity contribution >= 4 is 17.7 Å². The summed E-state index contributed by atoms with van der Waals surface area (Å²) in [5, 5.41) is 3.34. The molecule has 0 aromatic heterocycles. The number of carbonyl (C=O) groups is 1. The molecule has 0 radical (unpaired) electrons. The molecule has 2 nitrogen and oxygen atoms in total. The van der Waals surface area contributed by atoms with Crippen LogP contribution in [0.15, 0.2) is 0 Å². The van der Waals surface area contributed by atoms with Crippen LogP contribution in [0.4, 0.5) is 0 Å². The van der Waals surface area contributed by atoms with Crippen LogP contribution in [0.2, 0.25) is 0 Å². The van der Waals surface area contributed by atoms with Gasteiger partial charge in [-0.25, -0.2) is 0 Å². The molecule has 0 unspecified atom stereocenters. The highest BCUT2D eigenvalue weighted by Crippen LogP contribution is 2.60. The zero-order valence-corrected chi connectivity index (χ0v) is 14.8. The molecule has 0 aromatic rings. The maximum Gasteiger partial charge on any atom is 0.230 e. The zero-order valence-electron chi connectivity index (χ0n) is 14.0. The molecule has 0 spiro atoms. The summed E-state index contributed by atoms with van der Waals surface area (Å²) in [5.41, 5.74) is 0. The van der Waals surface area contributed by atoms with Crippen molar-refractivity contribution in [3.05, 3.63) is 0 Å². The van der Waals surface area contributed by atoms with E-state index in [1.54, 1.807) is 0 Å². The van der Waals surface area contributed by atoms with E-state index in [0.717, 1.165) is 17.8 Å². The van der Waals surface area contributed by atoms with Gasteiger partial charge < -0.3 is 5.32 Å². The van der Waals surface area contributed by atoms with E-state index in [0.29, 0.717) is 28.4 Å². The first kappa shape index (κ1) is 15.4. The third kappa shape index (κ3) is 3.07. The van der Waals surface area contributed by atoms with Crippen LogP contribution in [0.25, 0.3) is 0 Å². The van der Waals surface area contributed by atoms with Crippen molar-refractivity contribution in [2.45, 2.75) is 81.9 Å². The minimum Gasteiger partial charge on any atom is -0.352 e. The van der Waals surface area contributed by atoms with Crippen LogP contribution in [0.5, 0.6) is 0 Å². The van der Waals surface area contributed by atoms with Gasteiger partial charge in [0.1, 0.15) is 0 Å². The molecule has 5 aliphatic carbocycles. The average Bonchev–Trinajstić information content (AvgIpc) is 2.46. The number of thioether (sulfide) groups is 1. The van der Waals surface area contributed by atoms with Crippen molar-refractivity contribution in [1.29, 1.82) is 0 Å². The number of hydrogen-bond acceptors (Lipinski definition) is 2. The lowest BCUT2D eigenvalue weighted by molar-refractivity contribution is -0.119. The fourth-order valence-corrected chi connectivity index (χ4v) is 7.79. The molecule has 0 heterocycles. The van der Waals surface area contributed by atoms with Crippen LogP contribution in [-0.4, -0.2) is 22.4 Å². The first-order chi connectivity index (χ1) is 10.6. The molecule has 5 fully saturated rings. The molecule has 1 N–H and O–H groups in total. The summed E-state index contributed by atoms with van der Waals surface area (Å²) in [6.45, 7) is 2.30. The Hall–Kier alpha value is -0.180. The summed E-state index contributed by atoms with van der Waals surface area (Å²) in [7, 11) is 0. The Kier molecular flexibility index (Phi) is 4.21. The molecule has 124 valence electrons. The fraction of sp³-hybridized carbons (Fsp3) is 0.947. The van der Waals surface area contributed by atoms with E-state index in [-0.39, 0.29) is 0 Å². The molecule has 0 saturated heterocycles. The zero-order chi connectivity index (χ0) is 15.2. The minimum absolute atomic E-state index is 0.305. The monoisotopic (exact) mass is 321 g/mol. The summed E-state index contributed by atoms with van der Waals surface area (Å²) in [4.78, 5) is 12.4. The van der Waals surface area contributed by atoms with Gasteiger partial charge in [-0.1, -0.05) is 19.8 Å². The lowest BCUT2D eigenvalue weighted by atomic mass is 9.56. The van der Waals surface area contributed by atoms with Gasteiger partial charge in [0.05, 0.1) is 5.75 Å². The van der Waals surface area contributed by atoms with Gasteiger partial charge in [0.25, 0.3) is 0 Å². The molecule has 0 aromatic carbocycles. The largest absolute Gasteiger partial charge is 0.352 e. The highest BCUT2D eigenvalue weighted by atomic mass is 32.2. The normalized spacial score (nSPS) is 46.7. The number of rotatable bonds is 4. The highest BCUT2D eigenvalue weighted by molar-refractivity contribution is 8.01. The predicted molar refractivity (Wildman–Crippen MR) is 92.9 cm³/mol. The van der Waals surface area contributed by atoms with E-state index < -0.39 is 0 Å². The maximum atomic E-state index is 12.4. The molecule has 2 atom stereocenters. The minimum atomic E-state index is 0.305. The van der Waals surface area contributed by atoms with E-state index in [1.807, 2.05) is 11.8 Å². The Morgan fingerprint density at radius 2 is 1.64 bits per heavy atom. The Labute approximate surface area is 139 Å². The average molecular weight is 322 g/mol. The van der Waals surface area contributed by atoms with Crippen molar-refractivity contribution in [3.63, 3.8) is 0 Å². The summed E-state index contributed by atoms with van der Waals surface area (Å²) in [6, 6.07) is 0.443.